The molecule has 8 atom stereocenters. The van der Waals surface area contributed by atoms with E-state index in [1.54, 1.807) is 48.6 Å². The van der Waals surface area contributed by atoms with E-state index in [-0.39, 0.29) is 62.4 Å². The van der Waals surface area contributed by atoms with Crippen LogP contribution in [-0.4, -0.2) is 169 Å². The Kier molecular flexibility index (Phi) is 33.4. The number of carboxylic acid groups (broad SMARTS) is 4. The van der Waals surface area contributed by atoms with Gasteiger partial charge in [-0.2, -0.15) is 0 Å². The van der Waals surface area contributed by atoms with Gasteiger partial charge in [-0.25, -0.2) is 38.4 Å². The maximum atomic E-state index is 14.9. The summed E-state index contributed by atoms with van der Waals surface area (Å²) >= 11 is 0. The summed E-state index contributed by atoms with van der Waals surface area (Å²) in [6.07, 6.45) is 7.76. The number of esters is 8. The lowest BCUT2D eigenvalue weighted by atomic mass is 9.67. The molecule has 28 nitrogen and oxygen atoms in total. The summed E-state index contributed by atoms with van der Waals surface area (Å²) < 4.78 is 71.8. The minimum atomic E-state index is -1.55. The Balaban J connectivity index is 0.693. The molecule has 0 bridgehead atoms. The van der Waals surface area contributed by atoms with Gasteiger partial charge in [-0.1, -0.05) is 260 Å². The molecule has 10 aromatic rings. The number of fused-ring (bicyclic) bond motifs is 6. The van der Waals surface area contributed by atoms with E-state index in [4.69, 9.17) is 56.8 Å². The summed E-state index contributed by atoms with van der Waals surface area (Å²) in [4.78, 5) is 158. The summed E-state index contributed by atoms with van der Waals surface area (Å²) in [6.45, 7) is 18.3. The van der Waals surface area contributed by atoms with E-state index in [2.05, 4.69) is 74.8 Å². The molecule has 14 rings (SSSR count). The van der Waals surface area contributed by atoms with Crippen LogP contribution in [-0.2, 0) is 108 Å². The fourth-order valence-corrected chi connectivity index (χ4v) is 19.7. The van der Waals surface area contributed by atoms with Crippen molar-refractivity contribution in [1.82, 2.24) is 0 Å². The second-order valence-electron chi connectivity index (χ2n) is 35.2. The Hall–Kier alpha value is -16.2. The molecule has 0 saturated heterocycles. The van der Waals surface area contributed by atoms with E-state index in [1.807, 2.05) is 149 Å². The topological polar surface area (TPSA) is 397 Å². The van der Waals surface area contributed by atoms with Gasteiger partial charge < -0.3 is 77.3 Å². The van der Waals surface area contributed by atoms with Crippen LogP contribution in [0.5, 0.6) is 11.5 Å². The molecule has 742 valence electrons. The molecule has 0 aliphatic heterocycles. The maximum absolute atomic E-state index is 14.9. The number of aromatic carboxylic acids is 2. The molecule has 0 radical (unpaired) electrons. The Morgan fingerprint density at radius 3 is 0.882 bits per heavy atom. The third kappa shape index (κ3) is 22.1. The van der Waals surface area contributed by atoms with E-state index in [1.165, 1.54) is 24.3 Å². The summed E-state index contributed by atoms with van der Waals surface area (Å²) in [6, 6.07) is 70.3. The number of ether oxygens (including phenoxy) is 12. The normalized spacial score (nSPS) is 16.3. The maximum Gasteiger partial charge on any atom is 0.339 e. The van der Waals surface area contributed by atoms with Crippen LogP contribution in [0.4, 0.5) is 0 Å². The van der Waals surface area contributed by atoms with E-state index in [9.17, 15) is 78.0 Å². The highest BCUT2D eigenvalue weighted by atomic mass is 16.6. The largest absolute Gasteiger partial charge is 0.490 e. The highest BCUT2D eigenvalue weighted by molar-refractivity contribution is 6.06. The predicted molar refractivity (Wildman–Crippen MR) is 529 cm³/mol. The number of hydrogen-bond donors (Lipinski definition) is 4. The van der Waals surface area contributed by atoms with Crippen molar-refractivity contribution in [3.8, 4) is 44.9 Å². The number of rotatable bonds is 47. The molecule has 4 N–H and O–H groups in total. The zero-order chi connectivity index (χ0) is 103. The number of benzene rings is 10. The number of carbonyl (C=O) groups is 12. The predicted octanol–water partition coefficient (Wildman–Crippen LogP) is 18.8. The number of allylic oxidation sites excluding steroid dienone is 4. The second-order valence-corrected chi connectivity index (χ2v) is 35.2. The fraction of sp³-hybridized carbons (Fsp3) is 0.276. The van der Waals surface area contributed by atoms with E-state index < -0.39 is 197 Å². The van der Waals surface area contributed by atoms with Gasteiger partial charge in [-0.15, -0.1) is 0 Å². The molecule has 0 fully saturated rings. The molecular weight excluding hydrogens is 1840 g/mol. The van der Waals surface area contributed by atoms with E-state index in [0.717, 1.165) is 109 Å². The molecule has 0 heterocycles. The third-order valence-electron chi connectivity index (χ3n) is 27.2. The first-order chi connectivity index (χ1) is 69.5. The van der Waals surface area contributed by atoms with Gasteiger partial charge >= 0.3 is 71.6 Å². The van der Waals surface area contributed by atoms with Crippen molar-refractivity contribution >= 4 is 71.6 Å². The van der Waals surface area contributed by atoms with Crippen molar-refractivity contribution in [2.45, 2.75) is 126 Å². The lowest BCUT2D eigenvalue weighted by Gasteiger charge is -2.36. The molecule has 0 aromatic heterocycles. The zero-order valence-corrected chi connectivity index (χ0v) is 79.9. The van der Waals surface area contributed by atoms with Crippen LogP contribution in [0, 0.1) is 23.7 Å². The lowest BCUT2D eigenvalue weighted by Crippen LogP contribution is -2.39. The highest BCUT2D eigenvalue weighted by Gasteiger charge is 2.50. The zero-order valence-electron chi connectivity index (χ0n) is 79.9. The van der Waals surface area contributed by atoms with Gasteiger partial charge in [0.05, 0.1) is 81.2 Å². The molecule has 4 aliphatic carbocycles. The van der Waals surface area contributed by atoms with Crippen LogP contribution < -0.4 is 9.47 Å². The lowest BCUT2D eigenvalue weighted by molar-refractivity contribution is -0.175. The van der Waals surface area contributed by atoms with E-state index >= 15 is 0 Å². The first kappa shape index (κ1) is 104. The van der Waals surface area contributed by atoms with Gasteiger partial charge in [-0.05, 0) is 189 Å². The van der Waals surface area contributed by atoms with Crippen molar-refractivity contribution in [1.29, 1.82) is 0 Å². The molecule has 28 heteroatoms. The van der Waals surface area contributed by atoms with Gasteiger partial charge in [0.2, 0.25) is 0 Å². The van der Waals surface area contributed by atoms with Crippen LogP contribution in [0.25, 0.3) is 33.4 Å². The average molecular weight is 1950 g/mol. The van der Waals surface area contributed by atoms with Crippen molar-refractivity contribution in [3.05, 3.63) is 383 Å². The van der Waals surface area contributed by atoms with Crippen molar-refractivity contribution in [3.63, 3.8) is 0 Å². The number of carbonyl (C=O) groups excluding carboxylic acids is 8. The highest BCUT2D eigenvalue weighted by Crippen LogP contribution is 2.59. The average Bonchev–Trinajstić information content (AvgIpc) is 1.54. The second kappa shape index (κ2) is 46.5. The van der Waals surface area contributed by atoms with Crippen LogP contribution in [0.1, 0.15) is 176 Å². The molecule has 4 aliphatic rings. The number of carboxylic acids is 4. The smallest absolute Gasteiger partial charge is 0.339 e. The first-order valence-electron chi connectivity index (χ1n) is 47.4. The molecule has 0 amide bonds. The first-order valence-corrected chi connectivity index (χ1v) is 47.4. The van der Waals surface area contributed by atoms with Crippen LogP contribution in [0.3, 0.4) is 0 Å². The molecule has 8 unspecified atom stereocenters. The van der Waals surface area contributed by atoms with Gasteiger partial charge in [0, 0.05) is 24.3 Å². The van der Waals surface area contributed by atoms with Gasteiger partial charge in [-0.3, -0.25) is 19.2 Å². The van der Waals surface area contributed by atoms with Crippen LogP contribution in [0.15, 0.2) is 305 Å². The summed E-state index contributed by atoms with van der Waals surface area (Å²) in [5, 5.41) is 41.3. The van der Waals surface area contributed by atoms with Crippen molar-refractivity contribution in [2.75, 3.05) is 52.9 Å². The SMILES string of the molecule is C=CC(=O)OCC(COc1ccc(C2(c3ccc(C(CC)(CC)OCC(COC(=O)C=C)OC(=O)C4CC=CCC4C(=O)O)cc3)c3ccccc3-c3ccccc32)cc1)OC(=O)c1cc(-c2ccc(C(=O)O)c(C(=O)OC(COC(=O)C=C)COC(CC)(CC)c3ccc(C4(c5ccc(OCC(COC(=O)C=C)OC(=O)C6CC=CCC6C(=O)O)cc5)c5ccccc5-c5ccccc54)cc3)c2)ccc1C(=O)O. The van der Waals surface area contributed by atoms with Gasteiger partial charge in [0.25, 0.3) is 0 Å². The monoisotopic (exact) mass is 1950 g/mol. The van der Waals surface area contributed by atoms with Crippen LogP contribution in [0.2, 0.25) is 0 Å². The van der Waals surface area contributed by atoms with Crippen molar-refractivity contribution < 1.29 is 135 Å². The minimum absolute atomic E-state index is 0.0920. The molecule has 144 heavy (non-hydrogen) atoms. The van der Waals surface area contributed by atoms with Crippen molar-refractivity contribution in [2.24, 2.45) is 23.7 Å². The fourth-order valence-electron chi connectivity index (χ4n) is 19.7. The summed E-state index contributed by atoms with van der Waals surface area (Å²) in [5.74, 6) is -15.9. The quantitative estimate of drug-likeness (QED) is 0.0119. The molecule has 0 saturated carbocycles. The van der Waals surface area contributed by atoms with Gasteiger partial charge in [0.1, 0.15) is 51.1 Å². The Morgan fingerprint density at radius 1 is 0.326 bits per heavy atom. The summed E-state index contributed by atoms with van der Waals surface area (Å²) in [7, 11) is 0. The minimum Gasteiger partial charge on any atom is -0.490 e. The molecular formula is C116H110O28. The Labute approximate surface area is 832 Å². The third-order valence-corrected chi connectivity index (χ3v) is 27.2. The Bertz CT molecular complexity index is 6480. The number of hydrogen-bond acceptors (Lipinski definition) is 24. The number of aliphatic carboxylic acids is 2. The van der Waals surface area contributed by atoms with Crippen LogP contribution >= 0.6 is 0 Å². The standard InChI is InChI=1S/C116H110O28/c1-9-101(117)135-65-81(141-109(129)93-35-19-17-33-89(93)105(121)122)63-133-79-55-51-77(52-56-79)115(97-37-25-21-29-85(97)86-30-22-26-38-98(86)115)76-49-45-74(46-50-76)114(15-7,16-8)140-70-84(68-138-104(120)12-4)144-112(132)96-62-72(42-60-92(96)108(127)128)71-41-59-91(107(125)126)95(61-71)111(131)142-82(66-136-102(118)10-2)64-134-80-57-53-78(54-58-80)116(99-39-27-23-31-87(99)88-32-24-28-40-100(88)116)75-47-43-73(44-48-75)113(13-5,14-6)139-69-83(67-137-103(119)11-3)143-110(130)94-36-20-18-34-90(94)106(123)124/h9-12,17-32,37-62,81-84,89-90,93-94H,1-4,13-16,33-36,63-70H2,5-8H3,(H,121,122)(H,123,124)(H,125,126)(H,127,128). The van der Waals surface area contributed by atoms with E-state index in [0.29, 0.717) is 37.0 Å². The van der Waals surface area contributed by atoms with Gasteiger partial charge in [0.15, 0.2) is 24.4 Å². The molecule has 10 aromatic carbocycles. The summed E-state index contributed by atoms with van der Waals surface area (Å²) in [5.41, 5.74) is 6.79. The Morgan fingerprint density at radius 2 is 0.597 bits per heavy atom. The molecule has 0 spiro atoms.